The molecule has 21 heavy (non-hydrogen) atoms. The van der Waals surface area contributed by atoms with Crippen LogP contribution in [0.2, 0.25) is 0 Å². The molecule has 1 aromatic carbocycles. The van der Waals surface area contributed by atoms with E-state index < -0.39 is 4.92 Å². The number of nitrogens with zero attached hydrogens (tertiary/aromatic N) is 2. The number of rotatable bonds is 3. The molecule has 6 nitrogen and oxygen atoms in total. The number of nitrogens with one attached hydrogen (secondary N) is 1. The molecule has 1 unspecified atom stereocenters. The van der Waals surface area contributed by atoms with Crippen molar-refractivity contribution in [3.8, 4) is 0 Å². The van der Waals surface area contributed by atoms with E-state index >= 15 is 0 Å². The summed E-state index contributed by atoms with van der Waals surface area (Å²) >= 11 is 0. The average molecular weight is 312 g/mol. The molecule has 1 amide bonds. The smallest absolute Gasteiger partial charge is 0.269 e. The fourth-order valence-corrected chi connectivity index (χ4v) is 3.11. The second kappa shape index (κ2) is 6.41. The van der Waals surface area contributed by atoms with Crippen LogP contribution in [-0.4, -0.2) is 41.4 Å². The lowest BCUT2D eigenvalue weighted by molar-refractivity contribution is -0.384. The third kappa shape index (κ3) is 3.33. The van der Waals surface area contributed by atoms with Crippen LogP contribution in [0, 0.1) is 16.0 Å². The summed E-state index contributed by atoms with van der Waals surface area (Å²) in [6.45, 7) is 3.19. The zero-order chi connectivity index (χ0) is 14.1. The minimum Gasteiger partial charge on any atom is -0.348 e. The van der Waals surface area contributed by atoms with E-state index in [0.717, 1.165) is 32.5 Å². The molecule has 3 saturated heterocycles. The molecule has 2 bridgehead atoms. The Bertz CT molecular complexity index is 527. The van der Waals surface area contributed by atoms with Gasteiger partial charge in [-0.05, 0) is 44.0 Å². The molecule has 3 heterocycles. The standard InChI is InChI=1S/C14H17N3O3.ClH/c18-14(11-1-3-12(4-2-11)17(19)20)15-13-9-16-7-5-10(13)6-8-16;/h1-4,10,13H,5-9H2,(H,15,18);1H. The van der Waals surface area contributed by atoms with Crippen LogP contribution in [-0.2, 0) is 0 Å². The Hall–Kier alpha value is -1.66. The first-order valence-corrected chi connectivity index (χ1v) is 6.91. The van der Waals surface area contributed by atoms with Crippen molar-refractivity contribution in [2.24, 2.45) is 5.92 Å². The van der Waals surface area contributed by atoms with Gasteiger partial charge in [-0.25, -0.2) is 0 Å². The monoisotopic (exact) mass is 311 g/mol. The summed E-state index contributed by atoms with van der Waals surface area (Å²) in [7, 11) is 0. The first-order chi connectivity index (χ1) is 9.63. The minimum absolute atomic E-state index is 0. The van der Waals surface area contributed by atoms with Crippen molar-refractivity contribution in [2.75, 3.05) is 19.6 Å². The second-order valence-electron chi connectivity index (χ2n) is 5.52. The van der Waals surface area contributed by atoms with Crippen LogP contribution < -0.4 is 5.32 Å². The van der Waals surface area contributed by atoms with E-state index in [9.17, 15) is 14.9 Å². The van der Waals surface area contributed by atoms with E-state index in [-0.39, 0.29) is 30.0 Å². The lowest BCUT2D eigenvalue weighted by Gasteiger charge is -2.44. The summed E-state index contributed by atoms with van der Waals surface area (Å²) < 4.78 is 0. The van der Waals surface area contributed by atoms with Gasteiger partial charge in [0.1, 0.15) is 0 Å². The number of carbonyl (C=O) groups is 1. The molecule has 1 N–H and O–H groups in total. The van der Waals surface area contributed by atoms with E-state index in [4.69, 9.17) is 0 Å². The van der Waals surface area contributed by atoms with Crippen molar-refractivity contribution in [3.05, 3.63) is 39.9 Å². The number of benzene rings is 1. The average Bonchev–Trinajstić information content (AvgIpc) is 2.48. The first-order valence-electron chi connectivity index (χ1n) is 6.91. The predicted molar refractivity (Wildman–Crippen MR) is 80.8 cm³/mol. The zero-order valence-electron chi connectivity index (χ0n) is 11.5. The van der Waals surface area contributed by atoms with Gasteiger partial charge in [0.05, 0.1) is 4.92 Å². The van der Waals surface area contributed by atoms with E-state index in [1.54, 1.807) is 0 Å². The van der Waals surface area contributed by atoms with Crippen LogP contribution in [0.3, 0.4) is 0 Å². The summed E-state index contributed by atoms with van der Waals surface area (Å²) in [5.74, 6) is 0.431. The summed E-state index contributed by atoms with van der Waals surface area (Å²) in [6.07, 6.45) is 2.29. The summed E-state index contributed by atoms with van der Waals surface area (Å²) in [5, 5.41) is 13.6. The molecule has 3 fully saturated rings. The number of nitro benzene ring substituents is 1. The lowest BCUT2D eigenvalue weighted by Crippen LogP contribution is -2.57. The first kappa shape index (κ1) is 15.7. The van der Waals surface area contributed by atoms with Crippen molar-refractivity contribution in [1.82, 2.24) is 10.2 Å². The highest BCUT2D eigenvalue weighted by molar-refractivity contribution is 5.94. The molecule has 7 heteroatoms. The van der Waals surface area contributed by atoms with Gasteiger partial charge in [0.25, 0.3) is 11.6 Å². The van der Waals surface area contributed by atoms with Gasteiger partial charge in [-0.15, -0.1) is 12.4 Å². The molecule has 0 aromatic heterocycles. The van der Waals surface area contributed by atoms with Gasteiger partial charge in [0.2, 0.25) is 0 Å². The van der Waals surface area contributed by atoms with Crippen molar-refractivity contribution in [1.29, 1.82) is 0 Å². The van der Waals surface area contributed by atoms with E-state index in [1.165, 1.54) is 24.3 Å². The molecule has 1 atom stereocenters. The highest BCUT2D eigenvalue weighted by atomic mass is 35.5. The van der Waals surface area contributed by atoms with Gasteiger partial charge in [0.15, 0.2) is 0 Å². The maximum Gasteiger partial charge on any atom is 0.269 e. The maximum absolute atomic E-state index is 12.2. The Labute approximate surface area is 129 Å². The van der Waals surface area contributed by atoms with Gasteiger partial charge in [-0.3, -0.25) is 14.9 Å². The molecule has 1 aromatic rings. The quantitative estimate of drug-likeness (QED) is 0.682. The Kier molecular flexibility index (Phi) is 4.80. The lowest BCUT2D eigenvalue weighted by atomic mass is 9.84. The highest BCUT2D eigenvalue weighted by Crippen LogP contribution is 2.27. The van der Waals surface area contributed by atoms with Crippen molar-refractivity contribution >= 4 is 24.0 Å². The van der Waals surface area contributed by atoms with Crippen LogP contribution in [0.4, 0.5) is 5.69 Å². The molecule has 0 spiro atoms. The zero-order valence-corrected chi connectivity index (χ0v) is 12.3. The van der Waals surface area contributed by atoms with Crippen LogP contribution in [0.1, 0.15) is 23.2 Å². The van der Waals surface area contributed by atoms with Crippen molar-refractivity contribution < 1.29 is 9.72 Å². The van der Waals surface area contributed by atoms with Gasteiger partial charge < -0.3 is 10.2 Å². The Morgan fingerprint density at radius 3 is 2.33 bits per heavy atom. The molecule has 0 saturated carbocycles. The molecule has 0 radical (unpaired) electrons. The molecule has 114 valence electrons. The number of fused-ring (bicyclic) bond motifs is 3. The van der Waals surface area contributed by atoms with E-state index in [2.05, 4.69) is 10.2 Å². The van der Waals surface area contributed by atoms with Gasteiger partial charge in [-0.2, -0.15) is 0 Å². The number of hydrogen-bond acceptors (Lipinski definition) is 4. The molecule has 3 aliphatic rings. The topological polar surface area (TPSA) is 75.5 Å². The van der Waals surface area contributed by atoms with Crippen LogP contribution in [0.5, 0.6) is 0 Å². The Morgan fingerprint density at radius 1 is 1.24 bits per heavy atom. The Balaban J connectivity index is 0.00000161. The molecular formula is C14H18ClN3O3. The van der Waals surface area contributed by atoms with Gasteiger partial charge in [-0.1, -0.05) is 0 Å². The van der Waals surface area contributed by atoms with Crippen molar-refractivity contribution in [2.45, 2.75) is 18.9 Å². The minimum atomic E-state index is -0.463. The van der Waals surface area contributed by atoms with Crippen molar-refractivity contribution in [3.63, 3.8) is 0 Å². The SMILES string of the molecule is Cl.O=C(NC1CN2CCC1CC2)c1ccc([N+](=O)[O-])cc1. The fraction of sp³-hybridized carbons (Fsp3) is 0.500. The largest absolute Gasteiger partial charge is 0.348 e. The third-order valence-electron chi connectivity index (χ3n) is 4.31. The van der Waals surface area contributed by atoms with Crippen LogP contribution in [0.15, 0.2) is 24.3 Å². The number of carbonyl (C=O) groups excluding carboxylic acids is 1. The second-order valence-corrected chi connectivity index (χ2v) is 5.52. The molecular weight excluding hydrogens is 294 g/mol. The van der Waals surface area contributed by atoms with Crippen LogP contribution in [0.25, 0.3) is 0 Å². The van der Waals surface area contributed by atoms with E-state index in [1.807, 2.05) is 0 Å². The maximum atomic E-state index is 12.2. The normalized spacial score (nSPS) is 26.8. The summed E-state index contributed by atoms with van der Waals surface area (Å²) in [5.41, 5.74) is 0.483. The molecule has 0 aliphatic carbocycles. The number of amides is 1. The van der Waals surface area contributed by atoms with E-state index in [0.29, 0.717) is 11.5 Å². The van der Waals surface area contributed by atoms with Gasteiger partial charge in [0, 0.05) is 30.3 Å². The predicted octanol–water partition coefficient (Wildman–Crippen LogP) is 1.84. The summed E-state index contributed by atoms with van der Waals surface area (Å²) in [4.78, 5) is 24.7. The number of halogens is 1. The highest BCUT2D eigenvalue weighted by Gasteiger charge is 2.34. The molecule has 3 aliphatic heterocycles. The molecule has 4 rings (SSSR count). The summed E-state index contributed by atoms with van der Waals surface area (Å²) in [6, 6.07) is 5.96. The number of non-ortho nitro benzene ring substituents is 1. The van der Waals surface area contributed by atoms with Crippen LogP contribution >= 0.6 is 12.4 Å². The van der Waals surface area contributed by atoms with Gasteiger partial charge >= 0.3 is 0 Å². The number of piperidine rings is 3. The fourth-order valence-electron chi connectivity index (χ4n) is 3.11. The third-order valence-corrected chi connectivity index (χ3v) is 4.31. The Morgan fingerprint density at radius 2 is 1.86 bits per heavy atom. The number of hydrogen-bond donors (Lipinski definition) is 1. The number of nitro groups is 1.